The maximum absolute atomic E-state index is 11.6. The van der Waals surface area contributed by atoms with Crippen LogP contribution in [0, 0.1) is 0 Å². The van der Waals surface area contributed by atoms with Crippen molar-refractivity contribution < 1.29 is 4.79 Å². The summed E-state index contributed by atoms with van der Waals surface area (Å²) in [4.78, 5) is 18.3. The van der Waals surface area contributed by atoms with Crippen LogP contribution in [0.1, 0.15) is 29.9 Å². The van der Waals surface area contributed by atoms with Gasteiger partial charge in [0.25, 0.3) is 5.91 Å². The van der Waals surface area contributed by atoms with Gasteiger partial charge in [-0.05, 0) is 31.4 Å². The second kappa shape index (κ2) is 5.36. The van der Waals surface area contributed by atoms with Crippen LogP contribution in [0.5, 0.6) is 0 Å². The number of carbonyl (C=O) groups excluding carboxylic acids is 1. The quantitative estimate of drug-likeness (QED) is 0.927. The van der Waals surface area contributed by atoms with Crippen molar-refractivity contribution in [2.75, 3.05) is 18.0 Å². The second-order valence-electron chi connectivity index (χ2n) is 5.04. The Morgan fingerprint density at radius 3 is 2.45 bits per heavy atom. The first kappa shape index (κ1) is 12.7. The molecule has 2 heterocycles. The van der Waals surface area contributed by atoms with E-state index in [0.717, 1.165) is 24.6 Å². The van der Waals surface area contributed by atoms with E-state index < -0.39 is 5.91 Å². The average molecular weight is 270 g/mol. The van der Waals surface area contributed by atoms with Crippen molar-refractivity contribution in [3.8, 4) is 5.69 Å². The van der Waals surface area contributed by atoms with Gasteiger partial charge in [-0.1, -0.05) is 18.2 Å². The predicted octanol–water partition coefficient (Wildman–Crippen LogP) is 1.96. The SMILES string of the molecule is NC(=O)c1nc(N2CCCCC2)cn1-c1ccccc1. The second-order valence-corrected chi connectivity index (χ2v) is 5.04. The van der Waals surface area contributed by atoms with Crippen molar-refractivity contribution in [1.82, 2.24) is 9.55 Å². The first-order chi connectivity index (χ1) is 9.75. The molecule has 0 spiro atoms. The van der Waals surface area contributed by atoms with Crippen LogP contribution >= 0.6 is 0 Å². The summed E-state index contributed by atoms with van der Waals surface area (Å²) in [5, 5.41) is 0. The van der Waals surface area contributed by atoms with Crippen LogP contribution in [0.3, 0.4) is 0 Å². The molecule has 104 valence electrons. The monoisotopic (exact) mass is 270 g/mol. The topological polar surface area (TPSA) is 64.2 Å². The molecule has 2 aromatic rings. The molecule has 0 radical (unpaired) electrons. The van der Waals surface area contributed by atoms with Crippen molar-refractivity contribution in [1.29, 1.82) is 0 Å². The first-order valence-electron chi connectivity index (χ1n) is 6.95. The van der Waals surface area contributed by atoms with Gasteiger partial charge < -0.3 is 10.6 Å². The van der Waals surface area contributed by atoms with E-state index in [1.165, 1.54) is 19.3 Å². The maximum Gasteiger partial charge on any atom is 0.285 e. The Hall–Kier alpha value is -2.30. The number of benzene rings is 1. The minimum atomic E-state index is -0.503. The van der Waals surface area contributed by atoms with Crippen LogP contribution in [0.15, 0.2) is 36.5 Å². The molecule has 20 heavy (non-hydrogen) atoms. The summed E-state index contributed by atoms with van der Waals surface area (Å²) in [6.07, 6.45) is 5.51. The molecule has 1 aliphatic heterocycles. The molecule has 5 heteroatoms. The third-order valence-electron chi connectivity index (χ3n) is 3.63. The molecule has 1 amide bonds. The smallest absolute Gasteiger partial charge is 0.285 e. The number of imidazole rings is 1. The van der Waals surface area contributed by atoms with Gasteiger partial charge in [-0.2, -0.15) is 0 Å². The van der Waals surface area contributed by atoms with Crippen LogP contribution in [-0.2, 0) is 0 Å². The maximum atomic E-state index is 11.6. The number of piperidine rings is 1. The predicted molar refractivity (Wildman–Crippen MR) is 78.1 cm³/mol. The number of nitrogens with zero attached hydrogens (tertiary/aromatic N) is 3. The molecule has 0 aliphatic carbocycles. The standard InChI is InChI=1S/C15H18N4O/c16-14(20)15-17-13(18-9-5-2-6-10-18)11-19(15)12-7-3-1-4-8-12/h1,3-4,7-8,11H,2,5-6,9-10H2,(H2,16,20). The molecule has 5 nitrogen and oxygen atoms in total. The molecule has 0 bridgehead atoms. The van der Waals surface area contributed by atoms with E-state index >= 15 is 0 Å². The lowest BCUT2D eigenvalue weighted by Crippen LogP contribution is -2.29. The molecule has 0 atom stereocenters. The number of primary amides is 1. The van der Waals surface area contributed by atoms with E-state index in [9.17, 15) is 4.79 Å². The average Bonchev–Trinajstić information content (AvgIpc) is 2.94. The fourth-order valence-corrected chi connectivity index (χ4v) is 2.60. The summed E-state index contributed by atoms with van der Waals surface area (Å²) < 4.78 is 1.77. The zero-order valence-corrected chi connectivity index (χ0v) is 11.3. The van der Waals surface area contributed by atoms with Gasteiger partial charge in [0.15, 0.2) is 0 Å². The van der Waals surface area contributed by atoms with Crippen LogP contribution in [0.4, 0.5) is 5.82 Å². The number of hydrogen-bond donors (Lipinski definition) is 1. The summed E-state index contributed by atoms with van der Waals surface area (Å²) in [5.74, 6) is 0.622. The van der Waals surface area contributed by atoms with Gasteiger partial charge >= 0.3 is 0 Å². The van der Waals surface area contributed by atoms with Crippen molar-refractivity contribution >= 4 is 11.7 Å². The molecule has 0 saturated carbocycles. The molecule has 0 unspecified atom stereocenters. The molecule has 1 saturated heterocycles. The summed E-state index contributed by atoms with van der Waals surface area (Å²) in [6.45, 7) is 1.98. The highest BCUT2D eigenvalue weighted by atomic mass is 16.1. The minimum absolute atomic E-state index is 0.289. The highest BCUT2D eigenvalue weighted by molar-refractivity contribution is 5.90. The van der Waals surface area contributed by atoms with E-state index in [2.05, 4.69) is 9.88 Å². The number of anilines is 1. The molecule has 1 aliphatic rings. The molecule has 2 N–H and O–H groups in total. The van der Waals surface area contributed by atoms with E-state index in [1.54, 1.807) is 4.57 Å². The van der Waals surface area contributed by atoms with Crippen LogP contribution in [0.25, 0.3) is 5.69 Å². The number of nitrogens with two attached hydrogens (primary N) is 1. The van der Waals surface area contributed by atoms with E-state index in [4.69, 9.17) is 5.73 Å². The Bertz CT molecular complexity index is 600. The van der Waals surface area contributed by atoms with Gasteiger partial charge in [-0.25, -0.2) is 4.98 Å². The van der Waals surface area contributed by atoms with E-state index in [1.807, 2.05) is 36.5 Å². The van der Waals surface area contributed by atoms with E-state index in [0.29, 0.717) is 0 Å². The van der Waals surface area contributed by atoms with Crippen molar-refractivity contribution in [2.24, 2.45) is 5.73 Å². The Kier molecular flexibility index (Phi) is 3.41. The van der Waals surface area contributed by atoms with Gasteiger partial charge in [0.05, 0.1) is 6.20 Å². The summed E-state index contributed by atoms with van der Waals surface area (Å²) in [7, 11) is 0. The van der Waals surface area contributed by atoms with Crippen molar-refractivity contribution in [3.05, 3.63) is 42.4 Å². The largest absolute Gasteiger partial charge is 0.363 e. The minimum Gasteiger partial charge on any atom is -0.363 e. The Balaban J connectivity index is 2.00. The lowest BCUT2D eigenvalue weighted by Gasteiger charge is -2.26. The Morgan fingerprint density at radius 1 is 1.10 bits per heavy atom. The summed E-state index contributed by atoms with van der Waals surface area (Å²) in [5.41, 5.74) is 6.35. The van der Waals surface area contributed by atoms with Crippen LogP contribution in [-0.4, -0.2) is 28.5 Å². The first-order valence-corrected chi connectivity index (χ1v) is 6.95. The molecule has 1 aromatic carbocycles. The van der Waals surface area contributed by atoms with Gasteiger partial charge in [0.2, 0.25) is 5.82 Å². The normalized spacial score (nSPS) is 15.3. The van der Waals surface area contributed by atoms with Gasteiger partial charge in [-0.15, -0.1) is 0 Å². The summed E-state index contributed by atoms with van der Waals surface area (Å²) in [6, 6.07) is 9.68. The third-order valence-corrected chi connectivity index (χ3v) is 3.63. The molecule has 3 rings (SSSR count). The van der Waals surface area contributed by atoms with E-state index in [-0.39, 0.29) is 5.82 Å². The number of para-hydroxylation sites is 1. The number of carbonyl (C=O) groups is 1. The van der Waals surface area contributed by atoms with Gasteiger partial charge in [-0.3, -0.25) is 9.36 Å². The fraction of sp³-hybridized carbons (Fsp3) is 0.333. The molecule has 1 fully saturated rings. The lowest BCUT2D eigenvalue weighted by atomic mass is 10.1. The zero-order chi connectivity index (χ0) is 13.9. The van der Waals surface area contributed by atoms with Crippen LogP contribution < -0.4 is 10.6 Å². The van der Waals surface area contributed by atoms with Crippen LogP contribution in [0.2, 0.25) is 0 Å². The third kappa shape index (κ3) is 2.39. The van der Waals surface area contributed by atoms with Crippen molar-refractivity contribution in [2.45, 2.75) is 19.3 Å². The number of aromatic nitrogens is 2. The molecule has 1 aromatic heterocycles. The number of hydrogen-bond acceptors (Lipinski definition) is 3. The number of amides is 1. The van der Waals surface area contributed by atoms with Gasteiger partial charge in [0.1, 0.15) is 5.82 Å². The zero-order valence-electron chi connectivity index (χ0n) is 11.3. The highest BCUT2D eigenvalue weighted by Crippen LogP contribution is 2.21. The fourth-order valence-electron chi connectivity index (χ4n) is 2.60. The molecular formula is C15H18N4O. The Morgan fingerprint density at radius 2 is 1.80 bits per heavy atom. The summed E-state index contributed by atoms with van der Waals surface area (Å²) >= 11 is 0. The van der Waals surface area contributed by atoms with Crippen molar-refractivity contribution in [3.63, 3.8) is 0 Å². The highest BCUT2D eigenvalue weighted by Gasteiger charge is 2.19. The Labute approximate surface area is 118 Å². The molecular weight excluding hydrogens is 252 g/mol. The lowest BCUT2D eigenvalue weighted by molar-refractivity contribution is 0.0989. The number of rotatable bonds is 3. The van der Waals surface area contributed by atoms with Gasteiger partial charge in [0, 0.05) is 18.8 Å².